The summed E-state index contributed by atoms with van der Waals surface area (Å²) in [5.74, 6) is 0.216. The lowest BCUT2D eigenvalue weighted by molar-refractivity contribution is -0.145. The number of para-hydroxylation sites is 2. The van der Waals surface area contributed by atoms with Crippen molar-refractivity contribution in [3.8, 4) is 11.5 Å². The predicted octanol–water partition coefficient (Wildman–Crippen LogP) is 3.92. The number of fused-ring (bicyclic) bond motifs is 2. The Bertz CT molecular complexity index is 1160. The van der Waals surface area contributed by atoms with Gasteiger partial charge in [0.2, 0.25) is 10.0 Å². The molecule has 6 nitrogen and oxygen atoms in total. The molecule has 3 aromatic rings. The lowest BCUT2D eigenvalue weighted by Gasteiger charge is -2.26. The van der Waals surface area contributed by atoms with Crippen LogP contribution in [0.5, 0.6) is 11.5 Å². The van der Waals surface area contributed by atoms with E-state index in [4.69, 9.17) is 9.47 Å². The topological polar surface area (TPSA) is 72.9 Å². The molecular weight excluding hydrogens is 402 g/mol. The number of sulfonamides is 1. The van der Waals surface area contributed by atoms with Crippen molar-refractivity contribution in [2.45, 2.75) is 17.4 Å². The van der Waals surface area contributed by atoms with Crippen LogP contribution in [0.1, 0.15) is 22.6 Å². The van der Waals surface area contributed by atoms with E-state index in [1.807, 2.05) is 48.5 Å². The Morgan fingerprint density at radius 3 is 2.13 bits per heavy atom. The SMILES string of the molecule is CN(C)S(=O)(=O)c1cccc(COC(=O)C2c3ccccc3Oc3ccccc32)c1. The molecule has 0 aliphatic carbocycles. The van der Waals surface area contributed by atoms with E-state index in [-0.39, 0.29) is 11.5 Å². The molecule has 0 aromatic heterocycles. The van der Waals surface area contributed by atoms with Crippen LogP contribution in [-0.4, -0.2) is 32.8 Å². The second-order valence-electron chi connectivity index (χ2n) is 7.15. The third-order valence-corrected chi connectivity index (χ3v) is 6.78. The molecule has 0 amide bonds. The monoisotopic (exact) mass is 423 g/mol. The van der Waals surface area contributed by atoms with Gasteiger partial charge in [0.1, 0.15) is 24.0 Å². The average Bonchev–Trinajstić information content (AvgIpc) is 2.75. The Morgan fingerprint density at radius 2 is 1.53 bits per heavy atom. The molecule has 1 aliphatic rings. The number of carbonyl (C=O) groups excluding carboxylic acids is 1. The van der Waals surface area contributed by atoms with Gasteiger partial charge in [-0.2, -0.15) is 0 Å². The Morgan fingerprint density at radius 1 is 0.933 bits per heavy atom. The number of carbonyl (C=O) groups is 1. The highest BCUT2D eigenvalue weighted by Crippen LogP contribution is 2.44. The summed E-state index contributed by atoms with van der Waals surface area (Å²) in [7, 11) is -0.614. The molecule has 0 radical (unpaired) electrons. The maximum Gasteiger partial charge on any atom is 0.318 e. The third-order valence-electron chi connectivity index (χ3n) is 4.97. The van der Waals surface area contributed by atoms with Crippen molar-refractivity contribution >= 4 is 16.0 Å². The first-order chi connectivity index (χ1) is 14.4. The van der Waals surface area contributed by atoms with Crippen LogP contribution in [0.15, 0.2) is 77.7 Å². The van der Waals surface area contributed by atoms with Gasteiger partial charge in [0.15, 0.2) is 0 Å². The van der Waals surface area contributed by atoms with E-state index >= 15 is 0 Å². The van der Waals surface area contributed by atoms with E-state index < -0.39 is 21.9 Å². The molecule has 4 rings (SSSR count). The minimum absolute atomic E-state index is 0.0304. The minimum atomic E-state index is -3.56. The smallest absolute Gasteiger partial charge is 0.318 e. The standard InChI is InChI=1S/C23H21NO5S/c1-24(2)30(26,27)17-9-7-8-16(14-17)15-28-23(25)22-18-10-3-5-12-20(18)29-21-13-6-4-11-19(21)22/h3-14,22H,15H2,1-2H3. The lowest BCUT2D eigenvalue weighted by atomic mass is 9.88. The molecule has 0 saturated heterocycles. The Kier molecular flexibility index (Phi) is 5.32. The van der Waals surface area contributed by atoms with Crippen molar-refractivity contribution in [2.24, 2.45) is 0 Å². The van der Waals surface area contributed by atoms with E-state index in [1.165, 1.54) is 26.2 Å². The fourth-order valence-corrected chi connectivity index (χ4v) is 4.38. The van der Waals surface area contributed by atoms with E-state index in [2.05, 4.69) is 0 Å². The molecule has 3 aromatic carbocycles. The molecule has 0 unspecified atom stereocenters. The predicted molar refractivity (Wildman–Crippen MR) is 112 cm³/mol. The van der Waals surface area contributed by atoms with Gasteiger partial charge in [-0.3, -0.25) is 4.79 Å². The number of nitrogens with zero attached hydrogens (tertiary/aromatic N) is 1. The Labute approximate surface area is 175 Å². The molecule has 1 heterocycles. The van der Waals surface area contributed by atoms with Gasteiger partial charge in [-0.05, 0) is 29.8 Å². The first kappa shape index (κ1) is 20.1. The van der Waals surface area contributed by atoms with Crippen LogP contribution < -0.4 is 4.74 Å². The molecule has 0 spiro atoms. The number of rotatable bonds is 5. The van der Waals surface area contributed by atoms with Gasteiger partial charge >= 0.3 is 5.97 Å². The first-order valence-corrected chi connectivity index (χ1v) is 10.9. The van der Waals surface area contributed by atoms with Crippen molar-refractivity contribution < 1.29 is 22.7 Å². The van der Waals surface area contributed by atoms with E-state index in [1.54, 1.807) is 12.1 Å². The Balaban J connectivity index is 1.59. The highest BCUT2D eigenvalue weighted by molar-refractivity contribution is 7.89. The van der Waals surface area contributed by atoms with E-state index in [9.17, 15) is 13.2 Å². The number of benzene rings is 3. The van der Waals surface area contributed by atoms with Crippen LogP contribution in [0.3, 0.4) is 0 Å². The molecular formula is C23H21NO5S. The summed E-state index contributed by atoms with van der Waals surface area (Å²) in [5.41, 5.74) is 2.08. The van der Waals surface area contributed by atoms with Crippen LogP contribution in [0.25, 0.3) is 0 Å². The largest absolute Gasteiger partial charge is 0.460 e. The van der Waals surface area contributed by atoms with Crippen LogP contribution in [0, 0.1) is 0 Å². The van der Waals surface area contributed by atoms with Crippen LogP contribution in [0.2, 0.25) is 0 Å². The summed E-state index contributed by atoms with van der Waals surface area (Å²) in [6.45, 7) is -0.0304. The van der Waals surface area contributed by atoms with Crippen molar-refractivity contribution in [2.75, 3.05) is 14.1 Å². The molecule has 154 valence electrons. The van der Waals surface area contributed by atoms with Gasteiger partial charge in [-0.15, -0.1) is 0 Å². The van der Waals surface area contributed by atoms with Gasteiger partial charge in [-0.1, -0.05) is 48.5 Å². The third kappa shape index (κ3) is 3.69. The van der Waals surface area contributed by atoms with E-state index in [0.29, 0.717) is 17.1 Å². The number of ether oxygens (including phenoxy) is 2. The van der Waals surface area contributed by atoms with Crippen molar-refractivity contribution in [3.05, 3.63) is 89.5 Å². The molecule has 0 fully saturated rings. The maximum absolute atomic E-state index is 13.1. The quantitative estimate of drug-likeness (QED) is 0.582. The summed E-state index contributed by atoms with van der Waals surface area (Å²) >= 11 is 0. The zero-order valence-corrected chi connectivity index (χ0v) is 17.4. The normalized spacial score (nSPS) is 13.3. The molecule has 30 heavy (non-hydrogen) atoms. The summed E-state index contributed by atoms with van der Waals surface area (Å²) in [6.07, 6.45) is 0. The van der Waals surface area contributed by atoms with Crippen LogP contribution >= 0.6 is 0 Å². The summed E-state index contributed by atoms with van der Waals surface area (Å²) in [5, 5.41) is 0. The first-order valence-electron chi connectivity index (χ1n) is 9.42. The Hall–Kier alpha value is -3.16. The molecule has 0 bridgehead atoms. The maximum atomic E-state index is 13.1. The van der Waals surface area contributed by atoms with Crippen molar-refractivity contribution in [1.82, 2.24) is 4.31 Å². The fraction of sp³-hybridized carbons (Fsp3) is 0.174. The highest BCUT2D eigenvalue weighted by atomic mass is 32.2. The fourth-order valence-electron chi connectivity index (χ4n) is 3.41. The van der Waals surface area contributed by atoms with Gasteiger partial charge in [-0.25, -0.2) is 12.7 Å². The highest BCUT2D eigenvalue weighted by Gasteiger charge is 2.33. The zero-order valence-electron chi connectivity index (χ0n) is 16.6. The van der Waals surface area contributed by atoms with Gasteiger partial charge in [0.25, 0.3) is 0 Å². The number of hydrogen-bond acceptors (Lipinski definition) is 5. The average molecular weight is 423 g/mol. The molecule has 1 aliphatic heterocycles. The van der Waals surface area contributed by atoms with Gasteiger partial charge in [0, 0.05) is 25.2 Å². The summed E-state index contributed by atoms with van der Waals surface area (Å²) < 4.78 is 37.4. The summed E-state index contributed by atoms with van der Waals surface area (Å²) in [4.78, 5) is 13.2. The molecule has 0 N–H and O–H groups in total. The second-order valence-corrected chi connectivity index (χ2v) is 9.31. The zero-order chi connectivity index (χ0) is 21.3. The van der Waals surface area contributed by atoms with Crippen molar-refractivity contribution in [3.63, 3.8) is 0 Å². The summed E-state index contributed by atoms with van der Waals surface area (Å²) in [6, 6.07) is 21.2. The molecule has 0 saturated carbocycles. The van der Waals surface area contributed by atoms with Crippen LogP contribution in [-0.2, 0) is 26.2 Å². The van der Waals surface area contributed by atoms with Gasteiger partial charge in [0.05, 0.1) is 4.90 Å². The van der Waals surface area contributed by atoms with Crippen LogP contribution in [0.4, 0.5) is 0 Å². The lowest BCUT2D eigenvalue weighted by Crippen LogP contribution is -2.22. The second kappa shape index (κ2) is 7.93. The van der Waals surface area contributed by atoms with Gasteiger partial charge < -0.3 is 9.47 Å². The number of esters is 1. The van der Waals surface area contributed by atoms with E-state index in [0.717, 1.165) is 15.4 Å². The van der Waals surface area contributed by atoms with Crippen molar-refractivity contribution in [1.29, 1.82) is 0 Å². The molecule has 0 atom stereocenters. The number of hydrogen-bond donors (Lipinski definition) is 0. The molecule has 7 heteroatoms. The minimum Gasteiger partial charge on any atom is -0.460 e.